The summed E-state index contributed by atoms with van der Waals surface area (Å²) in [6.45, 7) is 2.94. The molecule has 1 fully saturated rings. The lowest BCUT2D eigenvalue weighted by Crippen LogP contribution is -2.56. The number of benzene rings is 1. The van der Waals surface area contributed by atoms with Crippen LogP contribution in [0, 0.1) is 0 Å². The Labute approximate surface area is 159 Å². The van der Waals surface area contributed by atoms with Gasteiger partial charge in [-0.15, -0.1) is 0 Å². The van der Waals surface area contributed by atoms with E-state index in [1.54, 1.807) is 20.4 Å². The second-order valence-electron chi connectivity index (χ2n) is 7.18. The Hall–Kier alpha value is -2.54. The van der Waals surface area contributed by atoms with E-state index in [1.165, 1.54) is 5.56 Å². The van der Waals surface area contributed by atoms with Crippen LogP contribution in [0.5, 0.6) is 11.5 Å². The smallest absolute Gasteiger partial charge is 0.250 e. The lowest BCUT2D eigenvalue weighted by atomic mass is 9.85. The molecule has 0 atom stereocenters. The van der Waals surface area contributed by atoms with Gasteiger partial charge in [-0.05, 0) is 61.7 Å². The molecule has 7 nitrogen and oxygen atoms in total. The van der Waals surface area contributed by atoms with Gasteiger partial charge in [-0.1, -0.05) is 0 Å². The van der Waals surface area contributed by atoms with Gasteiger partial charge in [-0.2, -0.15) is 5.10 Å². The molecule has 1 aromatic heterocycles. The molecule has 7 heteroatoms. The van der Waals surface area contributed by atoms with E-state index in [4.69, 9.17) is 9.47 Å². The largest absolute Gasteiger partial charge is 0.493 e. The molecule has 144 valence electrons. The first kappa shape index (κ1) is 17.9. The van der Waals surface area contributed by atoms with Gasteiger partial charge >= 0.3 is 0 Å². The van der Waals surface area contributed by atoms with Crippen LogP contribution in [0.1, 0.15) is 24.0 Å². The molecule has 2 aliphatic heterocycles. The van der Waals surface area contributed by atoms with Crippen molar-refractivity contribution in [2.75, 3.05) is 33.9 Å². The van der Waals surface area contributed by atoms with Gasteiger partial charge in [0.05, 0.1) is 14.2 Å². The summed E-state index contributed by atoms with van der Waals surface area (Å²) in [6.07, 6.45) is 5.98. The third-order valence-electron chi connectivity index (χ3n) is 5.78. The predicted octanol–water partition coefficient (Wildman–Crippen LogP) is 1.56. The highest BCUT2D eigenvalue weighted by Crippen LogP contribution is 2.35. The third-order valence-corrected chi connectivity index (χ3v) is 5.78. The summed E-state index contributed by atoms with van der Waals surface area (Å²) in [7, 11) is 3.28. The van der Waals surface area contributed by atoms with Gasteiger partial charge in [-0.3, -0.25) is 9.48 Å². The molecular weight excluding hydrogens is 344 g/mol. The van der Waals surface area contributed by atoms with Crippen LogP contribution in [0.25, 0.3) is 0 Å². The number of hydrogen-bond acceptors (Lipinski definition) is 5. The van der Waals surface area contributed by atoms with E-state index in [9.17, 15) is 4.79 Å². The summed E-state index contributed by atoms with van der Waals surface area (Å²) < 4.78 is 12.7. The average molecular weight is 370 g/mol. The quantitative estimate of drug-likeness (QED) is 0.885. The van der Waals surface area contributed by atoms with Crippen LogP contribution in [-0.2, 0) is 23.3 Å². The second kappa shape index (κ2) is 7.23. The average Bonchev–Trinajstić information content (AvgIpc) is 3.27. The van der Waals surface area contributed by atoms with E-state index >= 15 is 0 Å². The summed E-state index contributed by atoms with van der Waals surface area (Å²) in [4.78, 5) is 15.6. The lowest BCUT2D eigenvalue weighted by molar-refractivity contribution is -0.144. The Kier molecular flexibility index (Phi) is 4.78. The molecule has 0 spiro atoms. The zero-order valence-electron chi connectivity index (χ0n) is 15.9. The molecule has 0 saturated carbocycles. The van der Waals surface area contributed by atoms with Crippen molar-refractivity contribution in [3.8, 4) is 11.5 Å². The minimum absolute atomic E-state index is 0.160. The van der Waals surface area contributed by atoms with E-state index in [0.29, 0.717) is 18.8 Å². The molecular formula is C20H26N4O3. The highest BCUT2D eigenvalue weighted by atomic mass is 16.5. The van der Waals surface area contributed by atoms with E-state index < -0.39 is 5.54 Å². The molecule has 1 N–H and O–H groups in total. The first-order chi connectivity index (χ1) is 13.2. The van der Waals surface area contributed by atoms with Gasteiger partial charge in [0, 0.05) is 25.5 Å². The monoisotopic (exact) mass is 370 g/mol. The SMILES string of the molecule is COc1cc2c(cc1OC)CN(C(=O)C1(n3cccn3)CCNCC1)CC2. The topological polar surface area (TPSA) is 68.6 Å². The summed E-state index contributed by atoms with van der Waals surface area (Å²) in [5, 5.41) is 7.79. The van der Waals surface area contributed by atoms with Crippen LogP contribution in [0.2, 0.25) is 0 Å². The van der Waals surface area contributed by atoms with Crippen LogP contribution in [-0.4, -0.2) is 54.4 Å². The van der Waals surface area contributed by atoms with Crippen molar-refractivity contribution in [2.45, 2.75) is 31.3 Å². The Morgan fingerprint density at radius 3 is 2.48 bits per heavy atom. The van der Waals surface area contributed by atoms with Crippen LogP contribution >= 0.6 is 0 Å². The maximum atomic E-state index is 13.6. The van der Waals surface area contributed by atoms with E-state index in [1.807, 2.05) is 34.0 Å². The number of hydrogen-bond donors (Lipinski definition) is 1. The molecule has 2 aromatic rings. The van der Waals surface area contributed by atoms with Crippen molar-refractivity contribution in [1.29, 1.82) is 0 Å². The maximum Gasteiger partial charge on any atom is 0.250 e. The molecule has 0 bridgehead atoms. The molecule has 1 aromatic carbocycles. The van der Waals surface area contributed by atoms with Crippen molar-refractivity contribution in [2.24, 2.45) is 0 Å². The maximum absolute atomic E-state index is 13.6. The second-order valence-corrected chi connectivity index (χ2v) is 7.18. The van der Waals surface area contributed by atoms with Gasteiger partial charge in [-0.25, -0.2) is 0 Å². The summed E-state index contributed by atoms with van der Waals surface area (Å²) in [5.41, 5.74) is 1.75. The van der Waals surface area contributed by atoms with E-state index in [2.05, 4.69) is 10.4 Å². The Morgan fingerprint density at radius 2 is 1.85 bits per heavy atom. The highest BCUT2D eigenvalue weighted by molar-refractivity contribution is 5.85. The molecule has 4 rings (SSSR count). The van der Waals surface area contributed by atoms with E-state index in [0.717, 1.165) is 43.7 Å². The zero-order chi connectivity index (χ0) is 18.9. The summed E-state index contributed by atoms with van der Waals surface area (Å²) >= 11 is 0. The number of amides is 1. The van der Waals surface area contributed by atoms with Crippen LogP contribution < -0.4 is 14.8 Å². The normalized spacial score (nSPS) is 18.7. The molecule has 1 amide bonds. The number of rotatable bonds is 4. The molecule has 0 aliphatic carbocycles. The van der Waals surface area contributed by atoms with Crippen LogP contribution in [0.3, 0.4) is 0 Å². The summed E-state index contributed by atoms with van der Waals surface area (Å²) in [6, 6.07) is 5.92. The number of nitrogens with one attached hydrogen (secondary N) is 1. The number of fused-ring (bicyclic) bond motifs is 1. The third kappa shape index (κ3) is 3.06. The molecule has 27 heavy (non-hydrogen) atoms. The standard InChI is InChI=1S/C20H26N4O3/c1-26-17-12-15-4-11-23(14-16(15)13-18(17)27-2)19(25)20(5-8-21-9-6-20)24-10-3-7-22-24/h3,7,10,12-13,21H,4-6,8-9,11,14H2,1-2H3. The van der Waals surface area contributed by atoms with Gasteiger partial charge in [0.2, 0.25) is 0 Å². The number of carbonyl (C=O) groups is 1. The Morgan fingerprint density at radius 1 is 1.15 bits per heavy atom. The van der Waals surface area contributed by atoms with Gasteiger partial charge < -0.3 is 19.7 Å². The molecule has 1 saturated heterocycles. The van der Waals surface area contributed by atoms with E-state index in [-0.39, 0.29) is 5.91 Å². The van der Waals surface area contributed by atoms with Crippen molar-refractivity contribution in [1.82, 2.24) is 20.0 Å². The van der Waals surface area contributed by atoms with Gasteiger partial charge in [0.25, 0.3) is 5.91 Å². The molecule has 0 radical (unpaired) electrons. The number of aromatic nitrogens is 2. The van der Waals surface area contributed by atoms with Crippen LogP contribution in [0.15, 0.2) is 30.6 Å². The Bertz CT molecular complexity index is 813. The first-order valence-corrected chi connectivity index (χ1v) is 9.42. The molecule has 3 heterocycles. The fourth-order valence-corrected chi connectivity index (χ4v) is 4.25. The van der Waals surface area contributed by atoms with Crippen LogP contribution in [0.4, 0.5) is 0 Å². The van der Waals surface area contributed by atoms with Crippen molar-refractivity contribution < 1.29 is 14.3 Å². The number of carbonyl (C=O) groups excluding carboxylic acids is 1. The Balaban J connectivity index is 1.63. The number of methoxy groups -OCH3 is 2. The molecule has 0 unspecified atom stereocenters. The summed E-state index contributed by atoms with van der Waals surface area (Å²) in [5.74, 6) is 1.60. The van der Waals surface area contributed by atoms with Crippen molar-refractivity contribution >= 4 is 5.91 Å². The highest BCUT2D eigenvalue weighted by Gasteiger charge is 2.45. The minimum atomic E-state index is -0.594. The van der Waals surface area contributed by atoms with Gasteiger partial charge in [0.1, 0.15) is 5.54 Å². The number of piperidine rings is 1. The predicted molar refractivity (Wildman–Crippen MR) is 101 cm³/mol. The van der Waals surface area contributed by atoms with Crippen molar-refractivity contribution in [3.63, 3.8) is 0 Å². The zero-order valence-corrected chi connectivity index (χ0v) is 15.9. The minimum Gasteiger partial charge on any atom is -0.493 e. The fraction of sp³-hybridized carbons (Fsp3) is 0.500. The molecule has 2 aliphatic rings. The number of ether oxygens (including phenoxy) is 2. The van der Waals surface area contributed by atoms with Crippen molar-refractivity contribution in [3.05, 3.63) is 41.7 Å². The lowest BCUT2D eigenvalue weighted by Gasteiger charge is -2.41. The fourth-order valence-electron chi connectivity index (χ4n) is 4.25. The number of nitrogens with zero attached hydrogens (tertiary/aromatic N) is 3. The first-order valence-electron chi connectivity index (χ1n) is 9.42. The van der Waals surface area contributed by atoms with Gasteiger partial charge in [0.15, 0.2) is 11.5 Å².